The molecule has 0 aliphatic carbocycles. The van der Waals surface area contributed by atoms with Crippen LogP contribution in [0, 0.1) is 5.41 Å². The molecule has 9 heteroatoms. The van der Waals surface area contributed by atoms with Crippen LogP contribution in [0.25, 0.3) is 6.08 Å². The number of benzene rings is 2. The van der Waals surface area contributed by atoms with Gasteiger partial charge in [-0.2, -0.15) is 0 Å². The van der Waals surface area contributed by atoms with E-state index >= 15 is 0 Å². The van der Waals surface area contributed by atoms with Gasteiger partial charge >= 0.3 is 0 Å². The van der Waals surface area contributed by atoms with Crippen molar-refractivity contribution in [1.29, 1.82) is 5.41 Å². The molecule has 2 heterocycles. The summed E-state index contributed by atoms with van der Waals surface area (Å²) in [5.41, 5.74) is 1.18. The van der Waals surface area contributed by atoms with E-state index in [2.05, 4.69) is 0 Å². The van der Waals surface area contributed by atoms with Gasteiger partial charge in [0.1, 0.15) is 0 Å². The third kappa shape index (κ3) is 3.23. The van der Waals surface area contributed by atoms with Crippen molar-refractivity contribution in [3.8, 4) is 28.7 Å². The Balaban J connectivity index is 1.70. The molecule has 0 aromatic heterocycles. The molecule has 1 amide bonds. The van der Waals surface area contributed by atoms with Crippen molar-refractivity contribution in [3.05, 3.63) is 40.8 Å². The van der Waals surface area contributed by atoms with Gasteiger partial charge in [0.2, 0.25) is 12.5 Å². The Labute approximate surface area is 171 Å². The van der Waals surface area contributed by atoms with Crippen LogP contribution >= 0.6 is 11.8 Å². The van der Waals surface area contributed by atoms with Crippen LogP contribution in [0.4, 0.5) is 5.69 Å². The molecule has 2 aliphatic heterocycles. The predicted molar refractivity (Wildman–Crippen MR) is 109 cm³/mol. The lowest BCUT2D eigenvalue weighted by atomic mass is 10.1. The average molecular weight is 414 g/mol. The minimum Gasteiger partial charge on any atom is -0.493 e. The first-order chi connectivity index (χ1) is 14.1. The number of nitrogens with one attached hydrogen (secondary N) is 1. The highest BCUT2D eigenvalue weighted by Crippen LogP contribution is 2.44. The Hall–Kier alpha value is -3.33. The fraction of sp³-hybridized carbons (Fsp3) is 0.200. The number of hydrogen-bond acceptors (Lipinski definition) is 8. The van der Waals surface area contributed by atoms with Gasteiger partial charge in [0, 0.05) is 11.6 Å². The molecule has 0 radical (unpaired) electrons. The van der Waals surface area contributed by atoms with Gasteiger partial charge in [-0.3, -0.25) is 15.1 Å². The van der Waals surface area contributed by atoms with E-state index in [1.165, 1.54) is 26.2 Å². The van der Waals surface area contributed by atoms with Crippen LogP contribution in [0.3, 0.4) is 0 Å². The van der Waals surface area contributed by atoms with Crippen molar-refractivity contribution in [2.24, 2.45) is 0 Å². The predicted octanol–water partition coefficient (Wildman–Crippen LogP) is 3.50. The number of amides is 1. The van der Waals surface area contributed by atoms with Gasteiger partial charge in [-0.1, -0.05) is 0 Å². The lowest BCUT2D eigenvalue weighted by Gasteiger charge is -2.15. The summed E-state index contributed by atoms with van der Waals surface area (Å²) in [6.45, 7) is 0.142. The molecule has 4 rings (SSSR count). The van der Waals surface area contributed by atoms with Gasteiger partial charge in [0.25, 0.3) is 5.91 Å². The maximum absolute atomic E-state index is 13.0. The summed E-state index contributed by atoms with van der Waals surface area (Å²) in [4.78, 5) is 14.7. The number of nitrogens with zero attached hydrogens (tertiary/aromatic N) is 1. The first-order valence-corrected chi connectivity index (χ1v) is 9.40. The van der Waals surface area contributed by atoms with Crippen LogP contribution in [0.2, 0.25) is 0 Å². The lowest BCUT2D eigenvalue weighted by Crippen LogP contribution is -2.28. The average Bonchev–Trinajstić information content (AvgIpc) is 3.30. The van der Waals surface area contributed by atoms with Gasteiger partial charge < -0.3 is 23.7 Å². The Morgan fingerprint density at radius 3 is 2.52 bits per heavy atom. The maximum atomic E-state index is 13.0. The molecule has 2 aliphatic rings. The summed E-state index contributed by atoms with van der Waals surface area (Å²) in [5.74, 6) is 2.25. The quantitative estimate of drug-likeness (QED) is 0.749. The first kappa shape index (κ1) is 19.0. The highest BCUT2D eigenvalue weighted by molar-refractivity contribution is 8.19. The fourth-order valence-electron chi connectivity index (χ4n) is 3.13. The van der Waals surface area contributed by atoms with Crippen LogP contribution in [0.15, 0.2) is 35.2 Å². The molecule has 0 atom stereocenters. The molecule has 0 unspecified atom stereocenters. The maximum Gasteiger partial charge on any atom is 0.271 e. The minimum absolute atomic E-state index is 0.0968. The number of carbonyl (C=O) groups is 1. The molecule has 150 valence electrons. The number of ether oxygens (including phenoxy) is 5. The normalized spacial score (nSPS) is 16.5. The molecular formula is C20H18N2O6S. The molecule has 1 N–H and O–H groups in total. The second-order valence-electron chi connectivity index (χ2n) is 6.02. The summed E-state index contributed by atoms with van der Waals surface area (Å²) in [7, 11) is 4.57. The topological polar surface area (TPSA) is 90.3 Å². The van der Waals surface area contributed by atoms with E-state index in [-0.39, 0.29) is 17.9 Å². The summed E-state index contributed by atoms with van der Waals surface area (Å²) in [6, 6.07) is 8.64. The highest BCUT2D eigenvalue weighted by Gasteiger charge is 2.34. The van der Waals surface area contributed by atoms with E-state index in [1.807, 2.05) is 0 Å². The van der Waals surface area contributed by atoms with Crippen LogP contribution < -0.4 is 28.6 Å². The Morgan fingerprint density at radius 2 is 1.79 bits per heavy atom. The number of carbonyl (C=O) groups excluding carboxylic acids is 1. The molecule has 8 nitrogen and oxygen atoms in total. The molecule has 0 saturated carbocycles. The van der Waals surface area contributed by atoms with E-state index in [4.69, 9.17) is 29.1 Å². The standard InChI is InChI=1S/C20H18N2O6S/c1-24-14-6-4-11(17(25-2)18(14)26-3)8-16-19(23)22(20(21)29-16)12-5-7-13-15(9-12)28-10-27-13/h4-9,21H,10H2,1-3H3/b16-8-,21-20?. The lowest BCUT2D eigenvalue weighted by molar-refractivity contribution is -0.113. The summed E-state index contributed by atoms with van der Waals surface area (Å²) >= 11 is 1.07. The van der Waals surface area contributed by atoms with Gasteiger partial charge in [0.15, 0.2) is 28.2 Å². The zero-order valence-corrected chi connectivity index (χ0v) is 16.8. The number of fused-ring (bicyclic) bond motifs is 1. The first-order valence-electron chi connectivity index (χ1n) is 8.58. The monoisotopic (exact) mass is 414 g/mol. The van der Waals surface area contributed by atoms with Crippen molar-refractivity contribution >= 4 is 34.6 Å². The van der Waals surface area contributed by atoms with E-state index < -0.39 is 0 Å². The van der Waals surface area contributed by atoms with E-state index in [0.29, 0.717) is 44.9 Å². The zero-order valence-electron chi connectivity index (χ0n) is 16.0. The Morgan fingerprint density at radius 1 is 1.03 bits per heavy atom. The van der Waals surface area contributed by atoms with Crippen LogP contribution in [-0.2, 0) is 4.79 Å². The third-order valence-electron chi connectivity index (χ3n) is 4.46. The number of rotatable bonds is 5. The molecule has 0 bridgehead atoms. The SMILES string of the molecule is COc1ccc(/C=C2\SC(=N)N(c3ccc4c(c3)OCO4)C2=O)c(OC)c1OC. The van der Waals surface area contributed by atoms with Gasteiger partial charge in [-0.05, 0) is 42.1 Å². The summed E-state index contributed by atoms with van der Waals surface area (Å²) in [6.07, 6.45) is 1.68. The van der Waals surface area contributed by atoms with Gasteiger partial charge in [0.05, 0.1) is 31.9 Å². The number of methoxy groups -OCH3 is 3. The molecular weight excluding hydrogens is 396 g/mol. The Bertz CT molecular complexity index is 1040. The van der Waals surface area contributed by atoms with E-state index in [9.17, 15) is 4.79 Å². The molecule has 29 heavy (non-hydrogen) atoms. The van der Waals surface area contributed by atoms with Crippen molar-refractivity contribution in [1.82, 2.24) is 0 Å². The van der Waals surface area contributed by atoms with Crippen LogP contribution in [0.1, 0.15) is 5.56 Å². The molecule has 0 spiro atoms. The van der Waals surface area contributed by atoms with Crippen LogP contribution in [-0.4, -0.2) is 39.2 Å². The molecule has 2 aromatic rings. The van der Waals surface area contributed by atoms with Crippen molar-refractivity contribution in [3.63, 3.8) is 0 Å². The second-order valence-corrected chi connectivity index (χ2v) is 7.05. The number of hydrogen-bond donors (Lipinski definition) is 1. The van der Waals surface area contributed by atoms with E-state index in [1.54, 1.807) is 36.4 Å². The van der Waals surface area contributed by atoms with Crippen LogP contribution in [0.5, 0.6) is 28.7 Å². The minimum atomic E-state index is -0.310. The highest BCUT2D eigenvalue weighted by atomic mass is 32.2. The van der Waals surface area contributed by atoms with Crippen molar-refractivity contribution < 1.29 is 28.5 Å². The Kier molecular flexibility index (Phi) is 4.98. The largest absolute Gasteiger partial charge is 0.493 e. The van der Waals surface area contributed by atoms with Gasteiger partial charge in [-0.15, -0.1) is 0 Å². The molecule has 1 saturated heterocycles. The number of anilines is 1. The fourth-order valence-corrected chi connectivity index (χ4v) is 3.98. The van der Waals surface area contributed by atoms with Crippen molar-refractivity contribution in [2.75, 3.05) is 33.0 Å². The molecule has 1 fully saturated rings. The van der Waals surface area contributed by atoms with Gasteiger partial charge in [-0.25, -0.2) is 0 Å². The summed E-state index contributed by atoms with van der Waals surface area (Å²) < 4.78 is 26.8. The number of amidine groups is 1. The second kappa shape index (κ2) is 7.59. The van der Waals surface area contributed by atoms with E-state index in [0.717, 1.165) is 11.8 Å². The third-order valence-corrected chi connectivity index (χ3v) is 5.35. The smallest absolute Gasteiger partial charge is 0.271 e. The summed E-state index contributed by atoms with van der Waals surface area (Å²) in [5, 5.41) is 8.38. The number of thioether (sulfide) groups is 1. The zero-order chi connectivity index (χ0) is 20.5. The van der Waals surface area contributed by atoms with Crippen molar-refractivity contribution in [2.45, 2.75) is 0 Å². The molecule has 2 aromatic carbocycles.